The zero-order valence-corrected chi connectivity index (χ0v) is 10.6. The molecule has 0 aliphatic carbocycles. The summed E-state index contributed by atoms with van der Waals surface area (Å²) >= 11 is 0. The minimum absolute atomic E-state index is 0.0756. The van der Waals surface area contributed by atoms with Gasteiger partial charge in [0.15, 0.2) is 0 Å². The molecule has 0 aliphatic heterocycles. The topological polar surface area (TPSA) is 76.4 Å². The number of nitrogens with zero attached hydrogens (tertiary/aromatic N) is 2. The first-order valence-corrected chi connectivity index (χ1v) is 5.69. The van der Waals surface area contributed by atoms with E-state index < -0.39 is 0 Å². The van der Waals surface area contributed by atoms with Gasteiger partial charge in [-0.15, -0.1) is 0 Å². The molecule has 0 aromatic heterocycles. The lowest BCUT2D eigenvalue weighted by molar-refractivity contribution is 0.157. The third-order valence-corrected chi connectivity index (χ3v) is 2.75. The molecule has 0 saturated carbocycles. The predicted molar refractivity (Wildman–Crippen MR) is 67.7 cm³/mol. The van der Waals surface area contributed by atoms with Crippen molar-refractivity contribution >= 4 is 6.03 Å². The monoisotopic (exact) mass is 247 g/mol. The maximum absolute atomic E-state index is 11.7. The van der Waals surface area contributed by atoms with Crippen molar-refractivity contribution in [3.8, 4) is 6.07 Å². The van der Waals surface area contributed by atoms with Gasteiger partial charge in [0.25, 0.3) is 0 Å². The summed E-state index contributed by atoms with van der Waals surface area (Å²) in [6, 6.07) is 8.64. The first-order chi connectivity index (χ1) is 8.58. The van der Waals surface area contributed by atoms with Gasteiger partial charge in [0, 0.05) is 13.6 Å². The quantitative estimate of drug-likeness (QED) is 0.836. The fourth-order valence-corrected chi connectivity index (χ4v) is 1.38. The van der Waals surface area contributed by atoms with Gasteiger partial charge in [-0.2, -0.15) is 5.26 Å². The molecule has 0 saturated heterocycles. The van der Waals surface area contributed by atoms with E-state index in [2.05, 4.69) is 5.32 Å². The van der Waals surface area contributed by atoms with E-state index in [4.69, 9.17) is 10.4 Å². The van der Waals surface area contributed by atoms with Gasteiger partial charge in [0.2, 0.25) is 0 Å². The van der Waals surface area contributed by atoms with Gasteiger partial charge in [0.1, 0.15) is 0 Å². The van der Waals surface area contributed by atoms with E-state index in [9.17, 15) is 4.79 Å². The number of urea groups is 1. The number of likely N-dealkylation sites (N-methyl/N-ethyl adjacent to an activating group) is 1. The van der Waals surface area contributed by atoms with E-state index in [0.29, 0.717) is 12.1 Å². The lowest BCUT2D eigenvalue weighted by Gasteiger charge is -2.23. The van der Waals surface area contributed by atoms with Crippen LogP contribution in [0.25, 0.3) is 0 Å². The Balaban J connectivity index is 2.55. The van der Waals surface area contributed by atoms with Gasteiger partial charge in [-0.1, -0.05) is 12.1 Å². The minimum Gasteiger partial charge on any atom is -0.394 e. The van der Waals surface area contributed by atoms with E-state index in [1.807, 2.05) is 12.1 Å². The number of carbonyl (C=O) groups is 1. The Morgan fingerprint density at radius 3 is 2.94 bits per heavy atom. The van der Waals surface area contributed by atoms with Gasteiger partial charge in [-0.3, -0.25) is 0 Å². The van der Waals surface area contributed by atoms with Crippen LogP contribution in [0, 0.1) is 11.3 Å². The second-order valence-corrected chi connectivity index (χ2v) is 4.11. The van der Waals surface area contributed by atoms with Gasteiger partial charge < -0.3 is 15.3 Å². The summed E-state index contributed by atoms with van der Waals surface area (Å²) in [4.78, 5) is 13.1. The number of nitriles is 1. The predicted octanol–water partition coefficient (Wildman–Crippen LogP) is 1.08. The SMILES string of the molecule is CC(CO)N(C)C(=O)NCc1cccc(C#N)c1. The van der Waals surface area contributed by atoms with Crippen LogP contribution in [0.1, 0.15) is 18.1 Å². The van der Waals surface area contributed by atoms with Crippen molar-refractivity contribution in [1.82, 2.24) is 10.2 Å². The molecule has 0 heterocycles. The molecule has 0 aliphatic rings. The van der Waals surface area contributed by atoms with Crippen molar-refractivity contribution < 1.29 is 9.90 Å². The highest BCUT2D eigenvalue weighted by atomic mass is 16.3. The summed E-state index contributed by atoms with van der Waals surface area (Å²) in [5.74, 6) is 0. The molecule has 0 radical (unpaired) electrons. The van der Waals surface area contributed by atoms with Crippen molar-refractivity contribution in [2.75, 3.05) is 13.7 Å². The smallest absolute Gasteiger partial charge is 0.317 e. The van der Waals surface area contributed by atoms with Crippen molar-refractivity contribution in [3.63, 3.8) is 0 Å². The van der Waals surface area contributed by atoms with Crippen LogP contribution < -0.4 is 5.32 Å². The molecule has 96 valence electrons. The van der Waals surface area contributed by atoms with Crippen LogP contribution in [0.15, 0.2) is 24.3 Å². The maximum Gasteiger partial charge on any atom is 0.317 e. The first kappa shape index (κ1) is 14.0. The second-order valence-electron chi connectivity index (χ2n) is 4.11. The Morgan fingerprint density at radius 1 is 1.61 bits per heavy atom. The number of aliphatic hydroxyl groups excluding tert-OH is 1. The van der Waals surface area contributed by atoms with Crippen molar-refractivity contribution in [1.29, 1.82) is 5.26 Å². The molecule has 2 amide bonds. The number of rotatable bonds is 4. The molecular weight excluding hydrogens is 230 g/mol. The van der Waals surface area contributed by atoms with Crippen LogP contribution in [0.4, 0.5) is 4.79 Å². The van der Waals surface area contributed by atoms with Crippen molar-refractivity contribution in [3.05, 3.63) is 35.4 Å². The highest BCUT2D eigenvalue weighted by Gasteiger charge is 2.13. The summed E-state index contributed by atoms with van der Waals surface area (Å²) in [5, 5.41) is 20.4. The molecule has 1 aromatic rings. The second kappa shape index (κ2) is 6.62. The first-order valence-electron chi connectivity index (χ1n) is 5.69. The molecule has 1 aromatic carbocycles. The number of hydrogen-bond donors (Lipinski definition) is 2. The molecule has 1 rings (SSSR count). The molecule has 5 heteroatoms. The number of amides is 2. The number of carbonyl (C=O) groups excluding carboxylic acids is 1. The minimum atomic E-state index is -0.251. The molecule has 1 atom stereocenters. The lowest BCUT2D eigenvalue weighted by atomic mass is 10.1. The zero-order chi connectivity index (χ0) is 13.5. The summed E-state index contributed by atoms with van der Waals surface area (Å²) < 4.78 is 0. The zero-order valence-electron chi connectivity index (χ0n) is 10.6. The molecule has 0 fully saturated rings. The number of nitrogens with one attached hydrogen (secondary N) is 1. The normalized spacial score (nSPS) is 11.4. The largest absolute Gasteiger partial charge is 0.394 e. The highest BCUT2D eigenvalue weighted by molar-refractivity contribution is 5.74. The molecular formula is C13H17N3O2. The average Bonchev–Trinajstić information content (AvgIpc) is 2.43. The third-order valence-electron chi connectivity index (χ3n) is 2.75. The Bertz CT molecular complexity index is 454. The average molecular weight is 247 g/mol. The molecule has 2 N–H and O–H groups in total. The molecule has 1 unspecified atom stereocenters. The molecule has 5 nitrogen and oxygen atoms in total. The Morgan fingerprint density at radius 2 is 2.33 bits per heavy atom. The van der Waals surface area contributed by atoms with Gasteiger partial charge in [0.05, 0.1) is 24.3 Å². The highest BCUT2D eigenvalue weighted by Crippen LogP contribution is 2.04. The van der Waals surface area contributed by atoms with E-state index in [1.54, 1.807) is 32.2 Å². The standard InChI is InChI=1S/C13H17N3O2/c1-10(9-17)16(2)13(18)15-8-12-5-3-4-11(6-12)7-14/h3-6,10,17H,8-9H2,1-2H3,(H,15,18). The van der Waals surface area contributed by atoms with Crippen LogP contribution in [-0.4, -0.2) is 35.7 Å². The Hall–Kier alpha value is -2.06. The van der Waals surface area contributed by atoms with Crippen LogP contribution in [0.5, 0.6) is 0 Å². The number of hydrogen-bond acceptors (Lipinski definition) is 3. The van der Waals surface area contributed by atoms with E-state index in [-0.39, 0.29) is 18.7 Å². The van der Waals surface area contributed by atoms with Crippen LogP contribution in [0.3, 0.4) is 0 Å². The van der Waals surface area contributed by atoms with Gasteiger partial charge in [-0.05, 0) is 24.6 Å². The fraction of sp³-hybridized carbons (Fsp3) is 0.385. The fourth-order valence-electron chi connectivity index (χ4n) is 1.38. The third kappa shape index (κ3) is 3.75. The van der Waals surface area contributed by atoms with E-state index in [0.717, 1.165) is 5.56 Å². The van der Waals surface area contributed by atoms with Crippen LogP contribution in [-0.2, 0) is 6.54 Å². The van der Waals surface area contributed by atoms with Crippen LogP contribution >= 0.6 is 0 Å². The van der Waals surface area contributed by atoms with Gasteiger partial charge in [-0.25, -0.2) is 4.79 Å². The van der Waals surface area contributed by atoms with E-state index >= 15 is 0 Å². The molecule has 0 spiro atoms. The summed E-state index contributed by atoms with van der Waals surface area (Å²) in [6.45, 7) is 2.04. The molecule has 0 bridgehead atoms. The Labute approximate surface area is 107 Å². The van der Waals surface area contributed by atoms with Crippen molar-refractivity contribution in [2.24, 2.45) is 0 Å². The number of benzene rings is 1. The maximum atomic E-state index is 11.7. The van der Waals surface area contributed by atoms with Crippen molar-refractivity contribution in [2.45, 2.75) is 19.5 Å². The molecule has 18 heavy (non-hydrogen) atoms. The summed E-state index contributed by atoms with van der Waals surface area (Å²) in [5.41, 5.74) is 1.44. The van der Waals surface area contributed by atoms with Gasteiger partial charge >= 0.3 is 6.03 Å². The number of aliphatic hydroxyl groups is 1. The summed E-state index contributed by atoms with van der Waals surface area (Å²) in [7, 11) is 1.63. The van der Waals surface area contributed by atoms with Crippen LogP contribution in [0.2, 0.25) is 0 Å². The Kier molecular flexibility index (Phi) is 5.15. The summed E-state index contributed by atoms with van der Waals surface area (Å²) in [6.07, 6.45) is 0. The van der Waals surface area contributed by atoms with E-state index in [1.165, 1.54) is 4.90 Å². The lowest BCUT2D eigenvalue weighted by Crippen LogP contribution is -2.43.